The van der Waals surface area contributed by atoms with E-state index in [0.29, 0.717) is 18.4 Å². The summed E-state index contributed by atoms with van der Waals surface area (Å²) in [4.78, 5) is 16.9. The van der Waals surface area contributed by atoms with E-state index in [1.165, 1.54) is 43.9 Å². The Morgan fingerprint density at radius 3 is 2.87 bits per heavy atom. The Morgan fingerprint density at radius 1 is 1.26 bits per heavy atom. The molecule has 3 aliphatic heterocycles. The monoisotopic (exact) mass is 438 g/mol. The first-order valence-corrected chi connectivity index (χ1v) is 12.0. The first kappa shape index (κ1) is 20.6. The molecule has 0 spiro atoms. The lowest BCUT2D eigenvalue weighted by molar-refractivity contribution is 0.0546. The minimum Gasteiger partial charge on any atom is -0.352 e. The van der Waals surface area contributed by atoms with Gasteiger partial charge in [-0.05, 0) is 63.8 Å². The predicted octanol–water partition coefficient (Wildman–Crippen LogP) is 2.94. The number of nitrogens with one attached hydrogen (secondary N) is 1. The highest BCUT2D eigenvalue weighted by molar-refractivity contribution is 7.10. The van der Waals surface area contributed by atoms with E-state index in [2.05, 4.69) is 42.4 Å². The van der Waals surface area contributed by atoms with Crippen LogP contribution in [0.3, 0.4) is 0 Å². The second kappa shape index (κ2) is 8.34. The second-order valence-corrected chi connectivity index (χ2v) is 10.0. The van der Waals surface area contributed by atoms with Gasteiger partial charge in [-0.15, -0.1) is 0 Å². The van der Waals surface area contributed by atoms with Crippen molar-refractivity contribution in [3.63, 3.8) is 0 Å². The van der Waals surface area contributed by atoms with Crippen LogP contribution < -0.4 is 10.2 Å². The highest BCUT2D eigenvalue weighted by Gasteiger charge is 2.49. The highest BCUT2D eigenvalue weighted by atomic mass is 32.1. The van der Waals surface area contributed by atoms with Crippen LogP contribution in [0.5, 0.6) is 0 Å². The average molecular weight is 439 g/mol. The Bertz CT molecular complexity index is 976. The van der Waals surface area contributed by atoms with E-state index >= 15 is 0 Å². The number of aromatic nitrogens is 3. The summed E-state index contributed by atoms with van der Waals surface area (Å²) < 4.78 is 4.31. The van der Waals surface area contributed by atoms with E-state index in [0.717, 1.165) is 48.3 Å². The van der Waals surface area contributed by atoms with Crippen LogP contribution in [0.2, 0.25) is 0 Å². The lowest BCUT2D eigenvalue weighted by Crippen LogP contribution is -2.71. The maximum atomic E-state index is 9.63. The highest BCUT2D eigenvalue weighted by Crippen LogP contribution is 2.38. The normalized spacial score (nSPS) is 23.6. The summed E-state index contributed by atoms with van der Waals surface area (Å²) in [5.41, 5.74) is 1.99. The second-order valence-electron chi connectivity index (χ2n) is 9.20. The zero-order chi connectivity index (χ0) is 21.4. The third kappa shape index (κ3) is 4.00. The Balaban J connectivity index is 1.32. The molecular formula is C22H30N8S. The van der Waals surface area contributed by atoms with Gasteiger partial charge in [-0.3, -0.25) is 9.80 Å². The van der Waals surface area contributed by atoms with Crippen LogP contribution >= 0.6 is 11.5 Å². The number of aryl methyl sites for hydroxylation is 2. The Hall–Kier alpha value is -2.28. The maximum Gasteiger partial charge on any atom is 0.229 e. The molecule has 1 unspecified atom stereocenters. The molecule has 5 heterocycles. The summed E-state index contributed by atoms with van der Waals surface area (Å²) in [5, 5.41) is 13.9. The van der Waals surface area contributed by atoms with E-state index in [9.17, 15) is 5.26 Å². The van der Waals surface area contributed by atoms with Crippen LogP contribution in [0.15, 0.2) is 12.3 Å². The molecule has 1 atom stereocenters. The zero-order valence-electron chi connectivity index (χ0n) is 18.3. The molecule has 1 N–H and O–H groups in total. The first-order valence-electron chi connectivity index (χ1n) is 11.2. The summed E-state index contributed by atoms with van der Waals surface area (Å²) >= 11 is 1.42. The van der Waals surface area contributed by atoms with Gasteiger partial charge >= 0.3 is 0 Å². The number of nitriles is 1. The maximum absolute atomic E-state index is 9.63. The summed E-state index contributed by atoms with van der Waals surface area (Å²) in [6, 6.07) is 5.15. The van der Waals surface area contributed by atoms with Crippen molar-refractivity contribution in [2.45, 2.75) is 51.1 Å². The van der Waals surface area contributed by atoms with Gasteiger partial charge in [0, 0.05) is 44.0 Å². The van der Waals surface area contributed by atoms with Gasteiger partial charge in [-0.2, -0.15) is 14.6 Å². The van der Waals surface area contributed by atoms with Gasteiger partial charge in [0.05, 0.1) is 23.7 Å². The molecule has 0 radical (unpaired) electrons. The van der Waals surface area contributed by atoms with Gasteiger partial charge in [0.25, 0.3) is 0 Å². The van der Waals surface area contributed by atoms with Crippen molar-refractivity contribution < 1.29 is 0 Å². The summed E-state index contributed by atoms with van der Waals surface area (Å²) in [7, 11) is 0. The Labute approximate surface area is 188 Å². The van der Waals surface area contributed by atoms with Crippen molar-refractivity contribution in [1.29, 1.82) is 5.26 Å². The van der Waals surface area contributed by atoms with Gasteiger partial charge < -0.3 is 10.2 Å². The van der Waals surface area contributed by atoms with Crippen LogP contribution in [0, 0.1) is 25.2 Å². The first-order chi connectivity index (χ1) is 15.1. The molecule has 164 valence electrons. The molecule has 8 nitrogen and oxygen atoms in total. The number of hydrogen-bond acceptors (Lipinski definition) is 9. The lowest BCUT2D eigenvalue weighted by Gasteiger charge is -2.56. The lowest BCUT2D eigenvalue weighted by atomic mass is 9.83. The van der Waals surface area contributed by atoms with Gasteiger partial charge in [-0.25, -0.2) is 4.98 Å². The van der Waals surface area contributed by atoms with Gasteiger partial charge in [-0.1, -0.05) is 0 Å². The summed E-state index contributed by atoms with van der Waals surface area (Å²) in [6.45, 7) is 10.4. The van der Waals surface area contributed by atoms with Crippen molar-refractivity contribution in [1.82, 2.24) is 24.1 Å². The fraction of sp³-hybridized carbons (Fsp3) is 0.636. The van der Waals surface area contributed by atoms with E-state index in [1.807, 2.05) is 19.2 Å². The molecule has 0 saturated carbocycles. The van der Waals surface area contributed by atoms with Crippen molar-refractivity contribution in [3.8, 4) is 6.07 Å². The molecule has 3 saturated heterocycles. The summed E-state index contributed by atoms with van der Waals surface area (Å²) in [6.07, 6.45) is 6.25. The summed E-state index contributed by atoms with van der Waals surface area (Å²) in [5.74, 6) is 1.56. The van der Waals surface area contributed by atoms with E-state index in [-0.39, 0.29) is 5.54 Å². The van der Waals surface area contributed by atoms with Gasteiger partial charge in [0.1, 0.15) is 10.8 Å². The topological polar surface area (TPSA) is 84.2 Å². The molecule has 0 aromatic carbocycles. The molecule has 9 heteroatoms. The number of rotatable bonds is 5. The predicted molar refractivity (Wildman–Crippen MR) is 123 cm³/mol. The minimum absolute atomic E-state index is 0.0624. The molecule has 2 aromatic heterocycles. The van der Waals surface area contributed by atoms with Gasteiger partial charge in [0.15, 0.2) is 0 Å². The third-order valence-electron chi connectivity index (χ3n) is 6.96. The van der Waals surface area contributed by atoms with Crippen molar-refractivity contribution >= 4 is 28.3 Å². The van der Waals surface area contributed by atoms with E-state index in [1.54, 1.807) is 0 Å². The minimum atomic E-state index is -0.0624. The number of hydrogen-bond donors (Lipinski definition) is 1. The molecule has 2 aromatic rings. The van der Waals surface area contributed by atoms with Crippen LogP contribution in [0.1, 0.15) is 36.9 Å². The number of nitrogens with zero attached hydrogens (tertiary/aromatic N) is 7. The molecule has 0 aliphatic carbocycles. The molecular weight excluding hydrogens is 408 g/mol. The quantitative estimate of drug-likeness (QED) is 0.763. The Kier molecular flexibility index (Phi) is 5.54. The van der Waals surface area contributed by atoms with E-state index in [4.69, 9.17) is 4.98 Å². The van der Waals surface area contributed by atoms with E-state index < -0.39 is 0 Å². The smallest absolute Gasteiger partial charge is 0.229 e. The molecule has 31 heavy (non-hydrogen) atoms. The van der Waals surface area contributed by atoms with Crippen molar-refractivity contribution in [2.75, 3.05) is 49.5 Å². The number of anilines is 3. The van der Waals surface area contributed by atoms with Crippen LogP contribution in [0.25, 0.3) is 0 Å². The molecule has 3 fully saturated rings. The molecule has 3 aliphatic rings. The van der Waals surface area contributed by atoms with Gasteiger partial charge in [0.2, 0.25) is 5.95 Å². The largest absolute Gasteiger partial charge is 0.352 e. The molecule has 0 amide bonds. The Morgan fingerprint density at radius 2 is 2.10 bits per heavy atom. The fourth-order valence-electron chi connectivity index (χ4n) is 5.37. The zero-order valence-corrected chi connectivity index (χ0v) is 19.2. The number of fused-ring (bicyclic) bond motifs is 1. The average Bonchev–Trinajstić information content (AvgIpc) is 3.29. The molecule has 0 bridgehead atoms. The van der Waals surface area contributed by atoms with Crippen LogP contribution in [0.4, 0.5) is 16.8 Å². The van der Waals surface area contributed by atoms with Crippen molar-refractivity contribution in [3.05, 3.63) is 23.5 Å². The third-order valence-corrected chi connectivity index (χ3v) is 7.76. The van der Waals surface area contributed by atoms with Crippen LogP contribution in [-0.4, -0.2) is 75.0 Å². The standard InChI is InChI=1S/C22H30N8S/c1-16-12-24-21(25-19-11-17(2)27-31-19)26-20(16)29-14-22(15-29,6-7-23)30-10-4-9-28-8-3-5-18(28)13-30/h11-12,18H,3-6,8-10,13-15H2,1-2H3,(H,24,25,26). The molecule has 5 rings (SSSR count). The SMILES string of the molecule is Cc1cc(Nc2ncc(C)c(N3CC(CC#N)(N4CCCN5CCCC5C4)C3)n2)sn1. The van der Waals surface area contributed by atoms with Crippen molar-refractivity contribution in [2.24, 2.45) is 0 Å². The van der Waals surface area contributed by atoms with Crippen LogP contribution in [-0.2, 0) is 0 Å². The fourth-order valence-corrected chi connectivity index (χ4v) is 6.02.